The third kappa shape index (κ3) is 4.58. The normalized spacial score (nSPS) is 11.6. The molecule has 132 valence electrons. The number of nitrogens with one attached hydrogen (secondary N) is 2. The summed E-state index contributed by atoms with van der Waals surface area (Å²) in [4.78, 5) is 20.7. The maximum absolute atomic E-state index is 12.2. The highest BCUT2D eigenvalue weighted by molar-refractivity contribution is 6.31. The lowest BCUT2D eigenvalue weighted by molar-refractivity contribution is 0.0950. The molecule has 0 saturated carbocycles. The minimum absolute atomic E-state index is 0.0658. The number of rotatable bonds is 6. The fourth-order valence-corrected chi connectivity index (χ4v) is 2.66. The van der Waals surface area contributed by atoms with Crippen LogP contribution in [0.1, 0.15) is 34.5 Å². The molecular weight excluding hydrogens is 348 g/mol. The number of nitrogens with zero attached hydrogens (tertiary/aromatic N) is 2. The summed E-state index contributed by atoms with van der Waals surface area (Å²) in [6, 6.07) is 17.5. The Balaban J connectivity index is 1.58. The Labute approximate surface area is 157 Å². The van der Waals surface area contributed by atoms with E-state index < -0.39 is 0 Å². The van der Waals surface area contributed by atoms with Crippen molar-refractivity contribution in [2.75, 3.05) is 5.32 Å². The molecule has 1 unspecified atom stereocenters. The first-order chi connectivity index (χ1) is 12.6. The second-order valence-corrected chi connectivity index (χ2v) is 6.25. The maximum atomic E-state index is 12.2. The molecule has 0 bridgehead atoms. The van der Waals surface area contributed by atoms with E-state index in [2.05, 4.69) is 20.6 Å². The van der Waals surface area contributed by atoms with Crippen molar-refractivity contribution < 1.29 is 4.79 Å². The van der Waals surface area contributed by atoms with Gasteiger partial charge in [0.1, 0.15) is 0 Å². The quantitative estimate of drug-likeness (QED) is 0.685. The van der Waals surface area contributed by atoms with Crippen LogP contribution in [-0.4, -0.2) is 15.9 Å². The summed E-state index contributed by atoms with van der Waals surface area (Å²) in [5, 5.41) is 6.66. The van der Waals surface area contributed by atoms with E-state index in [1.54, 1.807) is 6.07 Å². The fraction of sp³-hybridized carbons (Fsp3) is 0.150. The van der Waals surface area contributed by atoms with E-state index >= 15 is 0 Å². The largest absolute Gasteiger partial charge is 0.348 e. The second kappa shape index (κ2) is 8.45. The Kier molecular flexibility index (Phi) is 5.81. The molecule has 3 rings (SSSR count). The van der Waals surface area contributed by atoms with Gasteiger partial charge in [-0.25, -0.2) is 9.97 Å². The minimum Gasteiger partial charge on any atom is -0.348 e. The van der Waals surface area contributed by atoms with Gasteiger partial charge in [-0.1, -0.05) is 60.1 Å². The second-order valence-electron chi connectivity index (χ2n) is 5.85. The van der Waals surface area contributed by atoms with E-state index in [0.29, 0.717) is 23.1 Å². The van der Waals surface area contributed by atoms with Gasteiger partial charge in [0.25, 0.3) is 5.91 Å². The summed E-state index contributed by atoms with van der Waals surface area (Å²) >= 11 is 6.09. The first-order valence-electron chi connectivity index (χ1n) is 8.28. The Morgan fingerprint density at radius 1 is 1.04 bits per heavy atom. The van der Waals surface area contributed by atoms with Gasteiger partial charge in [0.05, 0.1) is 11.6 Å². The number of carbonyl (C=O) groups is 1. The van der Waals surface area contributed by atoms with Crippen LogP contribution in [-0.2, 0) is 6.54 Å². The molecule has 0 aliphatic carbocycles. The highest BCUT2D eigenvalue weighted by Gasteiger charge is 2.10. The zero-order valence-electron chi connectivity index (χ0n) is 14.3. The van der Waals surface area contributed by atoms with Gasteiger partial charge in [-0.15, -0.1) is 0 Å². The maximum Gasteiger partial charge on any atom is 0.254 e. The summed E-state index contributed by atoms with van der Waals surface area (Å²) in [5.74, 6) is 0.233. The molecule has 6 heteroatoms. The van der Waals surface area contributed by atoms with Crippen LogP contribution in [0.3, 0.4) is 0 Å². The number of amides is 1. The highest BCUT2D eigenvalue weighted by atomic mass is 35.5. The number of aromatic nitrogens is 2. The number of hydrogen-bond acceptors (Lipinski definition) is 4. The molecular formula is C20H19ClN4O. The zero-order chi connectivity index (χ0) is 18.4. The molecule has 1 amide bonds. The lowest BCUT2D eigenvalue weighted by Gasteiger charge is -2.14. The molecule has 3 aromatic rings. The smallest absolute Gasteiger partial charge is 0.254 e. The Morgan fingerprint density at radius 2 is 1.69 bits per heavy atom. The van der Waals surface area contributed by atoms with Crippen LogP contribution in [0, 0.1) is 0 Å². The Morgan fingerprint density at radius 3 is 2.38 bits per heavy atom. The predicted octanol–water partition coefficient (Wildman–Crippen LogP) is 4.23. The van der Waals surface area contributed by atoms with Crippen molar-refractivity contribution >= 4 is 23.5 Å². The molecule has 1 heterocycles. The third-order valence-electron chi connectivity index (χ3n) is 3.96. The lowest BCUT2D eigenvalue weighted by atomic mass is 10.1. The Hall–Kier alpha value is -2.92. The summed E-state index contributed by atoms with van der Waals surface area (Å²) in [5.41, 5.74) is 2.39. The minimum atomic E-state index is -0.243. The average molecular weight is 367 g/mol. The van der Waals surface area contributed by atoms with Crippen LogP contribution in [0.5, 0.6) is 0 Å². The van der Waals surface area contributed by atoms with E-state index in [1.165, 1.54) is 12.4 Å². The average Bonchev–Trinajstić information content (AvgIpc) is 2.68. The van der Waals surface area contributed by atoms with E-state index in [9.17, 15) is 4.79 Å². The fourth-order valence-electron chi connectivity index (χ4n) is 2.46. The molecule has 0 fully saturated rings. The summed E-state index contributed by atoms with van der Waals surface area (Å²) < 4.78 is 0. The number of hydrogen-bond donors (Lipinski definition) is 2. The molecule has 1 atom stereocenters. The van der Waals surface area contributed by atoms with Gasteiger partial charge >= 0.3 is 0 Å². The molecule has 0 aliphatic rings. The van der Waals surface area contributed by atoms with Crippen molar-refractivity contribution in [1.82, 2.24) is 15.3 Å². The van der Waals surface area contributed by atoms with Gasteiger partial charge in [-0.3, -0.25) is 4.79 Å². The van der Waals surface area contributed by atoms with Gasteiger partial charge in [0.15, 0.2) is 0 Å². The van der Waals surface area contributed by atoms with Gasteiger partial charge in [0.2, 0.25) is 5.95 Å². The van der Waals surface area contributed by atoms with Crippen molar-refractivity contribution in [3.63, 3.8) is 0 Å². The molecule has 2 aromatic carbocycles. The van der Waals surface area contributed by atoms with Crippen LogP contribution in [0.15, 0.2) is 67.0 Å². The summed E-state index contributed by atoms with van der Waals surface area (Å²) in [7, 11) is 0. The summed E-state index contributed by atoms with van der Waals surface area (Å²) in [6.45, 7) is 2.38. The van der Waals surface area contributed by atoms with Crippen LogP contribution < -0.4 is 10.6 Å². The first kappa shape index (κ1) is 17.9. The lowest BCUT2D eigenvalue weighted by Crippen LogP contribution is -2.23. The monoisotopic (exact) mass is 366 g/mol. The molecule has 2 N–H and O–H groups in total. The zero-order valence-corrected chi connectivity index (χ0v) is 15.1. The topological polar surface area (TPSA) is 66.9 Å². The van der Waals surface area contributed by atoms with Crippen LogP contribution in [0.25, 0.3) is 0 Å². The molecule has 0 radical (unpaired) electrons. The van der Waals surface area contributed by atoms with Gasteiger partial charge in [0, 0.05) is 24.0 Å². The van der Waals surface area contributed by atoms with Crippen molar-refractivity contribution in [2.24, 2.45) is 0 Å². The van der Waals surface area contributed by atoms with Crippen molar-refractivity contribution in [3.8, 4) is 0 Å². The van der Waals surface area contributed by atoms with E-state index in [-0.39, 0.29) is 11.9 Å². The van der Waals surface area contributed by atoms with Gasteiger partial charge in [-0.05, 0) is 24.1 Å². The molecule has 5 nitrogen and oxygen atoms in total. The molecule has 0 saturated heterocycles. The number of carbonyl (C=O) groups excluding carboxylic acids is 1. The van der Waals surface area contributed by atoms with Crippen molar-refractivity contribution in [1.29, 1.82) is 0 Å². The number of anilines is 1. The summed E-state index contributed by atoms with van der Waals surface area (Å²) in [6.07, 6.45) is 3.02. The Bertz CT molecular complexity index is 868. The van der Waals surface area contributed by atoms with Crippen LogP contribution in [0.4, 0.5) is 5.95 Å². The number of halogens is 1. The van der Waals surface area contributed by atoms with Crippen molar-refractivity contribution in [3.05, 3.63) is 88.7 Å². The van der Waals surface area contributed by atoms with Crippen molar-refractivity contribution in [2.45, 2.75) is 19.5 Å². The van der Waals surface area contributed by atoms with E-state index in [1.807, 2.05) is 55.5 Å². The SMILES string of the molecule is CC(Nc1ncc(C(=O)NCc2ccccc2Cl)cn1)c1ccccc1. The highest BCUT2D eigenvalue weighted by Crippen LogP contribution is 2.16. The van der Waals surface area contributed by atoms with Crippen LogP contribution in [0.2, 0.25) is 5.02 Å². The standard InChI is InChI=1S/C20H19ClN4O/c1-14(15-7-3-2-4-8-15)25-20-23-12-17(13-24-20)19(26)22-11-16-9-5-6-10-18(16)21/h2-10,12-14H,11H2,1H3,(H,22,26)(H,23,24,25). The third-order valence-corrected chi connectivity index (χ3v) is 4.33. The van der Waals surface area contributed by atoms with E-state index in [0.717, 1.165) is 11.1 Å². The number of benzene rings is 2. The van der Waals surface area contributed by atoms with Crippen LogP contribution >= 0.6 is 11.6 Å². The van der Waals surface area contributed by atoms with Gasteiger partial charge in [-0.2, -0.15) is 0 Å². The molecule has 26 heavy (non-hydrogen) atoms. The van der Waals surface area contributed by atoms with Gasteiger partial charge < -0.3 is 10.6 Å². The predicted molar refractivity (Wildman–Crippen MR) is 103 cm³/mol. The molecule has 0 spiro atoms. The first-order valence-corrected chi connectivity index (χ1v) is 8.66. The molecule has 1 aromatic heterocycles. The van der Waals surface area contributed by atoms with E-state index in [4.69, 9.17) is 11.6 Å². The molecule has 0 aliphatic heterocycles.